The lowest BCUT2D eigenvalue weighted by molar-refractivity contribution is -0.123. The predicted molar refractivity (Wildman–Crippen MR) is 124 cm³/mol. The van der Waals surface area contributed by atoms with Gasteiger partial charge in [0.1, 0.15) is 0 Å². The minimum Gasteiger partial charge on any atom is -0.390 e. The van der Waals surface area contributed by atoms with Crippen molar-refractivity contribution in [2.75, 3.05) is 6.54 Å². The molecule has 2 rings (SSSR count). The van der Waals surface area contributed by atoms with Crippen molar-refractivity contribution in [1.82, 2.24) is 10.6 Å². The van der Waals surface area contributed by atoms with Gasteiger partial charge in [0.25, 0.3) is 0 Å². The van der Waals surface area contributed by atoms with Crippen LogP contribution in [0.2, 0.25) is 0 Å². The maximum atomic E-state index is 12.8. The van der Waals surface area contributed by atoms with E-state index in [1.165, 1.54) is 5.56 Å². The number of amides is 1. The summed E-state index contributed by atoms with van der Waals surface area (Å²) >= 11 is 0. The quantitative estimate of drug-likeness (QED) is 0.489. The van der Waals surface area contributed by atoms with Gasteiger partial charge in [0.2, 0.25) is 5.91 Å². The molecule has 0 saturated heterocycles. The van der Waals surface area contributed by atoms with Crippen LogP contribution in [0.5, 0.6) is 0 Å². The molecule has 0 aromatic heterocycles. The molecule has 2 aromatic rings. The average Bonchev–Trinajstić information content (AvgIpc) is 2.73. The van der Waals surface area contributed by atoms with Crippen LogP contribution in [0.25, 0.3) is 0 Å². The highest BCUT2D eigenvalue weighted by Crippen LogP contribution is 2.19. The highest BCUT2D eigenvalue weighted by atomic mass is 16.3. The maximum absolute atomic E-state index is 12.8. The van der Waals surface area contributed by atoms with Crippen LogP contribution in [0, 0.1) is 5.92 Å². The van der Waals surface area contributed by atoms with Crippen LogP contribution in [-0.2, 0) is 11.2 Å². The van der Waals surface area contributed by atoms with E-state index in [0.717, 1.165) is 24.8 Å². The van der Waals surface area contributed by atoms with Crippen molar-refractivity contribution in [3.63, 3.8) is 0 Å². The Hall–Kier alpha value is -2.17. The van der Waals surface area contributed by atoms with Crippen LogP contribution in [0.3, 0.4) is 0 Å². The van der Waals surface area contributed by atoms with E-state index < -0.39 is 6.10 Å². The molecular weight excluding hydrogens is 372 g/mol. The Morgan fingerprint density at radius 3 is 2.13 bits per heavy atom. The van der Waals surface area contributed by atoms with Gasteiger partial charge in [-0.3, -0.25) is 4.79 Å². The smallest absolute Gasteiger partial charge is 0.227 e. The Kier molecular flexibility index (Phi) is 10.0. The van der Waals surface area contributed by atoms with E-state index in [1.807, 2.05) is 55.5 Å². The lowest BCUT2D eigenvalue weighted by Gasteiger charge is -2.29. The summed E-state index contributed by atoms with van der Waals surface area (Å²) in [6.45, 7) is 8.82. The van der Waals surface area contributed by atoms with Gasteiger partial charge in [0, 0.05) is 18.6 Å². The zero-order valence-corrected chi connectivity index (χ0v) is 18.8. The van der Waals surface area contributed by atoms with Crippen LogP contribution < -0.4 is 10.6 Å². The molecule has 164 valence electrons. The van der Waals surface area contributed by atoms with Gasteiger partial charge in [-0.05, 0) is 43.2 Å². The van der Waals surface area contributed by atoms with Gasteiger partial charge in [0.15, 0.2) is 0 Å². The Morgan fingerprint density at radius 2 is 1.57 bits per heavy atom. The monoisotopic (exact) mass is 410 g/mol. The molecule has 1 amide bonds. The largest absolute Gasteiger partial charge is 0.390 e. The minimum absolute atomic E-state index is 0.0311. The third kappa shape index (κ3) is 7.92. The SMILES string of the molecule is CCC(C(=O)NC[C@@H](O)C(Cc1ccccc1)NC(C)CC(C)C)c1ccccc1. The number of hydrogen-bond donors (Lipinski definition) is 3. The highest BCUT2D eigenvalue weighted by Gasteiger charge is 2.24. The van der Waals surface area contributed by atoms with E-state index in [0.29, 0.717) is 5.92 Å². The average molecular weight is 411 g/mol. The summed E-state index contributed by atoms with van der Waals surface area (Å²) in [4.78, 5) is 12.8. The zero-order chi connectivity index (χ0) is 21.9. The standard InChI is InChI=1S/C26H38N2O2/c1-5-23(22-14-10-7-11-15-22)26(30)27-18-25(29)24(28-20(4)16-19(2)3)17-21-12-8-6-9-13-21/h6-15,19-20,23-25,28-29H,5,16-18H2,1-4H3,(H,27,30)/t20?,23?,24?,25-/m1/s1. The van der Waals surface area contributed by atoms with Crippen molar-refractivity contribution in [1.29, 1.82) is 0 Å². The molecule has 0 fully saturated rings. The van der Waals surface area contributed by atoms with Crippen molar-refractivity contribution in [2.24, 2.45) is 5.92 Å². The summed E-state index contributed by atoms with van der Waals surface area (Å²) in [7, 11) is 0. The van der Waals surface area contributed by atoms with Crippen LogP contribution >= 0.6 is 0 Å². The molecule has 0 spiro atoms. The van der Waals surface area contributed by atoms with Crippen molar-refractivity contribution in [3.8, 4) is 0 Å². The fraction of sp³-hybridized carbons (Fsp3) is 0.500. The molecule has 3 unspecified atom stereocenters. The summed E-state index contributed by atoms with van der Waals surface area (Å²) in [5.41, 5.74) is 2.18. The molecule has 0 bridgehead atoms. The van der Waals surface area contributed by atoms with Crippen LogP contribution in [0.15, 0.2) is 60.7 Å². The van der Waals surface area contributed by atoms with Crippen LogP contribution in [0.1, 0.15) is 57.6 Å². The second-order valence-corrected chi connectivity index (χ2v) is 8.68. The lowest BCUT2D eigenvalue weighted by atomic mass is 9.95. The van der Waals surface area contributed by atoms with Crippen LogP contribution in [-0.4, -0.2) is 35.7 Å². The Morgan fingerprint density at radius 1 is 0.967 bits per heavy atom. The molecule has 0 saturated carbocycles. The summed E-state index contributed by atoms with van der Waals surface area (Å²) in [5.74, 6) is 0.355. The summed E-state index contributed by atoms with van der Waals surface area (Å²) in [6, 6.07) is 20.2. The second kappa shape index (κ2) is 12.5. The number of benzene rings is 2. The molecule has 3 N–H and O–H groups in total. The molecule has 30 heavy (non-hydrogen) atoms. The molecule has 4 nitrogen and oxygen atoms in total. The van der Waals surface area contributed by atoms with E-state index in [9.17, 15) is 9.90 Å². The number of rotatable bonds is 12. The summed E-state index contributed by atoms with van der Waals surface area (Å²) < 4.78 is 0. The van der Waals surface area contributed by atoms with Gasteiger partial charge in [-0.2, -0.15) is 0 Å². The Labute approximate surface area is 182 Å². The lowest BCUT2D eigenvalue weighted by Crippen LogP contribution is -2.50. The molecule has 0 aliphatic rings. The topological polar surface area (TPSA) is 61.4 Å². The van der Waals surface area contributed by atoms with Crippen LogP contribution in [0.4, 0.5) is 0 Å². The number of aliphatic hydroxyl groups is 1. The number of nitrogens with one attached hydrogen (secondary N) is 2. The van der Waals surface area contributed by atoms with E-state index in [2.05, 4.69) is 43.5 Å². The molecule has 4 heteroatoms. The number of hydrogen-bond acceptors (Lipinski definition) is 3. The zero-order valence-electron chi connectivity index (χ0n) is 18.8. The third-order valence-corrected chi connectivity index (χ3v) is 5.50. The van der Waals surface area contributed by atoms with Gasteiger partial charge in [-0.1, -0.05) is 81.4 Å². The van der Waals surface area contributed by atoms with Crippen molar-refractivity contribution in [2.45, 2.75) is 71.1 Å². The molecule has 4 atom stereocenters. The number of carbonyl (C=O) groups excluding carboxylic acids is 1. The maximum Gasteiger partial charge on any atom is 0.227 e. The second-order valence-electron chi connectivity index (χ2n) is 8.68. The minimum atomic E-state index is -0.669. The van der Waals surface area contributed by atoms with Crippen molar-refractivity contribution >= 4 is 5.91 Å². The Balaban J connectivity index is 2.01. The summed E-state index contributed by atoms with van der Waals surface area (Å²) in [6.07, 6.45) is 1.81. The first-order valence-corrected chi connectivity index (χ1v) is 11.2. The number of aliphatic hydroxyl groups excluding tert-OH is 1. The van der Waals surface area contributed by atoms with E-state index in [1.54, 1.807) is 0 Å². The van der Waals surface area contributed by atoms with Crippen molar-refractivity contribution < 1.29 is 9.90 Å². The molecular formula is C26H38N2O2. The first kappa shape index (κ1) is 24.1. The summed E-state index contributed by atoms with van der Waals surface area (Å²) in [5, 5.41) is 17.5. The van der Waals surface area contributed by atoms with Crippen molar-refractivity contribution in [3.05, 3.63) is 71.8 Å². The third-order valence-electron chi connectivity index (χ3n) is 5.50. The fourth-order valence-electron chi connectivity index (χ4n) is 4.04. The van der Waals surface area contributed by atoms with Gasteiger partial charge in [0.05, 0.1) is 12.0 Å². The van der Waals surface area contributed by atoms with Gasteiger partial charge < -0.3 is 15.7 Å². The molecule has 0 aliphatic heterocycles. The normalized spacial score (nSPS) is 15.4. The molecule has 0 aliphatic carbocycles. The number of carbonyl (C=O) groups is 1. The first-order chi connectivity index (χ1) is 14.4. The fourth-order valence-corrected chi connectivity index (χ4v) is 4.04. The van der Waals surface area contributed by atoms with Gasteiger partial charge >= 0.3 is 0 Å². The Bertz CT molecular complexity index is 733. The van der Waals surface area contributed by atoms with Gasteiger partial charge in [-0.15, -0.1) is 0 Å². The van der Waals surface area contributed by atoms with E-state index in [-0.39, 0.29) is 30.5 Å². The molecule has 2 aromatic carbocycles. The van der Waals surface area contributed by atoms with E-state index in [4.69, 9.17) is 0 Å². The predicted octanol–water partition coefficient (Wildman–Crippen LogP) is 4.29. The van der Waals surface area contributed by atoms with Gasteiger partial charge in [-0.25, -0.2) is 0 Å². The molecule has 0 radical (unpaired) electrons. The molecule has 0 heterocycles. The highest BCUT2D eigenvalue weighted by molar-refractivity contribution is 5.83. The van der Waals surface area contributed by atoms with E-state index >= 15 is 0 Å². The first-order valence-electron chi connectivity index (χ1n) is 11.2.